The summed E-state index contributed by atoms with van der Waals surface area (Å²) in [4.78, 5) is 0. The third kappa shape index (κ3) is 3.49. The van der Waals surface area contributed by atoms with E-state index < -0.39 is 0 Å². The van der Waals surface area contributed by atoms with Gasteiger partial charge in [0.05, 0.1) is 0 Å². The van der Waals surface area contributed by atoms with Gasteiger partial charge in [-0.25, -0.2) is 0 Å². The molecule has 2 aromatic rings. The van der Waals surface area contributed by atoms with Crippen molar-refractivity contribution in [2.45, 2.75) is 20.0 Å². The second kappa shape index (κ2) is 6.37. The number of aryl methyl sites for hydroxylation is 1. The van der Waals surface area contributed by atoms with Gasteiger partial charge in [0.1, 0.15) is 13.2 Å². The lowest BCUT2D eigenvalue weighted by Crippen LogP contribution is -2.16. The topological polar surface area (TPSA) is 30.5 Å². The Morgan fingerprint density at radius 3 is 2.38 bits per heavy atom. The molecule has 0 aromatic heterocycles. The van der Waals surface area contributed by atoms with E-state index in [-0.39, 0.29) is 0 Å². The van der Waals surface area contributed by atoms with E-state index in [1.807, 2.05) is 31.2 Å². The minimum atomic E-state index is 0.617. The fourth-order valence-electron chi connectivity index (χ4n) is 2.30. The predicted molar refractivity (Wildman–Crippen MR) is 84.2 cm³/mol. The van der Waals surface area contributed by atoms with Crippen molar-refractivity contribution in [3.8, 4) is 11.5 Å². The van der Waals surface area contributed by atoms with E-state index in [1.165, 1.54) is 11.1 Å². The number of halogens is 1. The summed E-state index contributed by atoms with van der Waals surface area (Å²) in [7, 11) is 0. The van der Waals surface area contributed by atoms with E-state index in [1.54, 1.807) is 0 Å². The van der Waals surface area contributed by atoms with Gasteiger partial charge >= 0.3 is 0 Å². The molecule has 0 unspecified atom stereocenters. The van der Waals surface area contributed by atoms with Crippen LogP contribution in [0.1, 0.15) is 16.7 Å². The first kappa shape index (κ1) is 14.2. The highest BCUT2D eigenvalue weighted by atomic mass is 35.5. The highest BCUT2D eigenvalue weighted by molar-refractivity contribution is 6.31. The Kier molecular flexibility index (Phi) is 4.32. The molecule has 1 N–H and O–H groups in total. The maximum Gasteiger partial charge on any atom is 0.161 e. The van der Waals surface area contributed by atoms with E-state index in [0.717, 1.165) is 35.2 Å². The standard InChI is InChI=1S/C17H18ClNO2/c1-12-2-3-13(8-15(12)18)10-19-11-14-4-5-16-17(9-14)21-7-6-20-16/h2-5,8-9,19H,6-7,10-11H2,1H3. The molecule has 0 radical (unpaired) electrons. The van der Waals surface area contributed by atoms with Crippen LogP contribution in [0, 0.1) is 6.92 Å². The summed E-state index contributed by atoms with van der Waals surface area (Å²) in [6.07, 6.45) is 0. The molecule has 4 heteroatoms. The van der Waals surface area contributed by atoms with Gasteiger partial charge in [-0.05, 0) is 41.8 Å². The third-order valence-electron chi connectivity index (χ3n) is 3.50. The molecule has 110 valence electrons. The van der Waals surface area contributed by atoms with Gasteiger partial charge in [-0.1, -0.05) is 29.8 Å². The number of nitrogens with one attached hydrogen (secondary N) is 1. The van der Waals surface area contributed by atoms with Crippen molar-refractivity contribution in [3.63, 3.8) is 0 Å². The molecule has 0 atom stereocenters. The van der Waals surface area contributed by atoms with Crippen molar-refractivity contribution in [2.24, 2.45) is 0 Å². The summed E-state index contributed by atoms with van der Waals surface area (Å²) >= 11 is 6.13. The Balaban J connectivity index is 1.58. The van der Waals surface area contributed by atoms with Crippen LogP contribution in [0.15, 0.2) is 36.4 Å². The smallest absolute Gasteiger partial charge is 0.161 e. The second-order valence-corrected chi connectivity index (χ2v) is 5.57. The molecule has 21 heavy (non-hydrogen) atoms. The Morgan fingerprint density at radius 2 is 1.62 bits per heavy atom. The quantitative estimate of drug-likeness (QED) is 0.934. The van der Waals surface area contributed by atoms with Gasteiger partial charge in [-0.15, -0.1) is 0 Å². The van der Waals surface area contributed by atoms with Crippen LogP contribution < -0.4 is 14.8 Å². The van der Waals surface area contributed by atoms with Gasteiger partial charge < -0.3 is 14.8 Å². The molecule has 1 aliphatic heterocycles. The van der Waals surface area contributed by atoms with Crippen molar-refractivity contribution in [1.82, 2.24) is 5.32 Å². The molecule has 3 rings (SSSR count). The summed E-state index contributed by atoms with van der Waals surface area (Å²) in [5.74, 6) is 1.66. The van der Waals surface area contributed by atoms with Gasteiger partial charge in [-0.3, -0.25) is 0 Å². The zero-order valence-electron chi connectivity index (χ0n) is 12.0. The number of fused-ring (bicyclic) bond motifs is 1. The van der Waals surface area contributed by atoms with Gasteiger partial charge in [0, 0.05) is 18.1 Å². The molecule has 0 bridgehead atoms. The van der Waals surface area contributed by atoms with E-state index in [4.69, 9.17) is 21.1 Å². The maximum absolute atomic E-state index is 6.13. The number of rotatable bonds is 4. The average molecular weight is 304 g/mol. The number of hydrogen-bond donors (Lipinski definition) is 1. The van der Waals surface area contributed by atoms with Crippen molar-refractivity contribution in [3.05, 3.63) is 58.1 Å². The fraction of sp³-hybridized carbons (Fsp3) is 0.294. The lowest BCUT2D eigenvalue weighted by molar-refractivity contribution is 0.171. The maximum atomic E-state index is 6.13. The molecule has 0 saturated carbocycles. The van der Waals surface area contributed by atoms with Gasteiger partial charge in [0.15, 0.2) is 11.5 Å². The van der Waals surface area contributed by atoms with Crippen molar-refractivity contribution < 1.29 is 9.47 Å². The first-order valence-electron chi connectivity index (χ1n) is 7.06. The zero-order chi connectivity index (χ0) is 14.7. The van der Waals surface area contributed by atoms with E-state index in [2.05, 4.69) is 17.4 Å². The molecule has 0 amide bonds. The van der Waals surface area contributed by atoms with Crippen LogP contribution in [0.2, 0.25) is 5.02 Å². The first-order valence-corrected chi connectivity index (χ1v) is 7.44. The minimum absolute atomic E-state index is 0.617. The number of benzene rings is 2. The summed E-state index contributed by atoms with van der Waals surface area (Å²) in [6, 6.07) is 12.2. The van der Waals surface area contributed by atoms with E-state index in [9.17, 15) is 0 Å². The summed E-state index contributed by atoms with van der Waals surface area (Å²) < 4.78 is 11.1. The van der Waals surface area contributed by atoms with Gasteiger partial charge in [0.2, 0.25) is 0 Å². The lowest BCUT2D eigenvalue weighted by Gasteiger charge is -2.19. The molecule has 0 fully saturated rings. The highest BCUT2D eigenvalue weighted by Gasteiger charge is 2.11. The molecular formula is C17H18ClNO2. The third-order valence-corrected chi connectivity index (χ3v) is 3.91. The van der Waals surface area contributed by atoms with Gasteiger partial charge in [-0.2, -0.15) is 0 Å². The van der Waals surface area contributed by atoms with E-state index >= 15 is 0 Å². The van der Waals surface area contributed by atoms with Crippen molar-refractivity contribution >= 4 is 11.6 Å². The van der Waals surface area contributed by atoms with Crippen molar-refractivity contribution in [1.29, 1.82) is 0 Å². The molecule has 1 heterocycles. The molecule has 3 nitrogen and oxygen atoms in total. The van der Waals surface area contributed by atoms with Crippen LogP contribution in [0.25, 0.3) is 0 Å². The molecule has 0 aliphatic carbocycles. The SMILES string of the molecule is Cc1ccc(CNCc2ccc3c(c2)OCCO3)cc1Cl. The Morgan fingerprint density at radius 1 is 0.952 bits per heavy atom. The summed E-state index contributed by atoms with van der Waals surface area (Å²) in [6.45, 7) is 4.82. The number of ether oxygens (including phenoxy) is 2. The fourth-order valence-corrected chi connectivity index (χ4v) is 2.50. The number of hydrogen-bond acceptors (Lipinski definition) is 3. The largest absolute Gasteiger partial charge is 0.486 e. The van der Waals surface area contributed by atoms with Crippen LogP contribution in [-0.4, -0.2) is 13.2 Å². The molecule has 1 aliphatic rings. The van der Waals surface area contributed by atoms with Gasteiger partial charge in [0.25, 0.3) is 0 Å². The highest BCUT2D eigenvalue weighted by Crippen LogP contribution is 2.30. The predicted octanol–water partition coefficient (Wildman–Crippen LogP) is 3.71. The van der Waals surface area contributed by atoms with Crippen LogP contribution >= 0.6 is 11.6 Å². The molecule has 0 spiro atoms. The first-order chi connectivity index (χ1) is 10.2. The summed E-state index contributed by atoms with van der Waals surface area (Å²) in [5.41, 5.74) is 3.47. The molecular weight excluding hydrogens is 286 g/mol. The molecule has 0 saturated heterocycles. The van der Waals surface area contributed by atoms with E-state index in [0.29, 0.717) is 13.2 Å². The Hall–Kier alpha value is -1.71. The average Bonchev–Trinajstić information content (AvgIpc) is 2.51. The van der Waals surface area contributed by atoms with Crippen LogP contribution in [0.5, 0.6) is 11.5 Å². The Bertz CT molecular complexity index is 643. The van der Waals surface area contributed by atoms with Crippen LogP contribution in [-0.2, 0) is 13.1 Å². The summed E-state index contributed by atoms with van der Waals surface area (Å²) in [5, 5.41) is 4.23. The second-order valence-electron chi connectivity index (χ2n) is 5.17. The van der Waals surface area contributed by atoms with Crippen LogP contribution in [0.3, 0.4) is 0 Å². The Labute approximate surface area is 129 Å². The molecule has 2 aromatic carbocycles. The monoisotopic (exact) mass is 303 g/mol. The normalized spacial score (nSPS) is 13.2. The van der Waals surface area contributed by atoms with Crippen molar-refractivity contribution in [2.75, 3.05) is 13.2 Å². The lowest BCUT2D eigenvalue weighted by atomic mass is 10.1. The minimum Gasteiger partial charge on any atom is -0.486 e. The van der Waals surface area contributed by atoms with Crippen LogP contribution in [0.4, 0.5) is 0 Å². The zero-order valence-corrected chi connectivity index (χ0v) is 12.7.